The van der Waals surface area contributed by atoms with Gasteiger partial charge < -0.3 is 10.2 Å². The van der Waals surface area contributed by atoms with Gasteiger partial charge in [-0.05, 0) is 39.2 Å². The zero-order chi connectivity index (χ0) is 11.1. The van der Waals surface area contributed by atoms with E-state index in [-0.39, 0.29) is 0 Å². The van der Waals surface area contributed by atoms with Crippen LogP contribution < -0.4 is 5.32 Å². The van der Waals surface area contributed by atoms with Crippen molar-refractivity contribution in [1.82, 2.24) is 10.2 Å². The van der Waals surface area contributed by atoms with Crippen LogP contribution in [0.2, 0.25) is 0 Å². The lowest BCUT2D eigenvalue weighted by atomic mass is 10.1. The van der Waals surface area contributed by atoms with Crippen LogP contribution in [0.15, 0.2) is 0 Å². The molecule has 1 fully saturated rings. The fourth-order valence-electron chi connectivity index (χ4n) is 2.14. The maximum atomic E-state index is 11.5. The number of likely N-dealkylation sites (tertiary alicyclic amines) is 1. The summed E-state index contributed by atoms with van der Waals surface area (Å²) in [4.78, 5) is 13.5. The molecule has 1 heterocycles. The van der Waals surface area contributed by atoms with Crippen LogP contribution in [0.4, 0.5) is 0 Å². The molecule has 88 valence electrons. The summed E-state index contributed by atoms with van der Waals surface area (Å²) < 4.78 is 0. The zero-order valence-electron chi connectivity index (χ0n) is 10.1. The van der Waals surface area contributed by atoms with Crippen LogP contribution >= 0.6 is 0 Å². The van der Waals surface area contributed by atoms with Crippen molar-refractivity contribution in [2.24, 2.45) is 0 Å². The van der Waals surface area contributed by atoms with Gasteiger partial charge in [0.25, 0.3) is 0 Å². The fraction of sp³-hybridized carbons (Fsp3) is 0.917. The molecule has 0 radical (unpaired) electrons. The van der Waals surface area contributed by atoms with Crippen LogP contribution in [0.1, 0.15) is 46.0 Å². The second-order valence-corrected chi connectivity index (χ2v) is 4.44. The van der Waals surface area contributed by atoms with Gasteiger partial charge in [0.15, 0.2) is 0 Å². The van der Waals surface area contributed by atoms with Crippen molar-refractivity contribution in [3.63, 3.8) is 0 Å². The number of carbonyl (C=O) groups excluding carboxylic acids is 1. The Hall–Kier alpha value is -0.570. The molecule has 0 aliphatic carbocycles. The number of rotatable bonds is 6. The Morgan fingerprint density at radius 3 is 2.93 bits per heavy atom. The second-order valence-electron chi connectivity index (χ2n) is 4.44. The highest BCUT2D eigenvalue weighted by Gasteiger charge is 2.17. The van der Waals surface area contributed by atoms with E-state index >= 15 is 0 Å². The molecule has 3 heteroatoms. The Labute approximate surface area is 93.2 Å². The molecule has 1 aliphatic heterocycles. The molecule has 1 N–H and O–H groups in total. The summed E-state index contributed by atoms with van der Waals surface area (Å²) in [6.07, 6.45) is 5.33. The number of carbonyl (C=O) groups is 1. The largest absolute Gasteiger partial charge is 0.343 e. The zero-order valence-corrected chi connectivity index (χ0v) is 10.1. The summed E-state index contributed by atoms with van der Waals surface area (Å²) in [6, 6.07) is 0.579. The molecule has 3 nitrogen and oxygen atoms in total. The van der Waals surface area contributed by atoms with Gasteiger partial charge in [0, 0.05) is 25.6 Å². The second kappa shape index (κ2) is 6.83. The molecule has 0 bridgehead atoms. The lowest BCUT2D eigenvalue weighted by Crippen LogP contribution is -2.36. The first-order valence-electron chi connectivity index (χ1n) is 6.25. The van der Waals surface area contributed by atoms with E-state index in [4.69, 9.17) is 0 Å². The average Bonchev–Trinajstić information content (AvgIpc) is 2.21. The van der Waals surface area contributed by atoms with Gasteiger partial charge in [0.1, 0.15) is 0 Å². The normalized spacial score (nSPS) is 19.3. The minimum Gasteiger partial charge on any atom is -0.343 e. The predicted molar refractivity (Wildman–Crippen MR) is 62.8 cm³/mol. The summed E-state index contributed by atoms with van der Waals surface area (Å²) in [5, 5.41) is 3.39. The molecule has 0 aromatic heterocycles. The number of piperidine rings is 1. The molecule has 1 amide bonds. The van der Waals surface area contributed by atoms with E-state index in [0.29, 0.717) is 11.9 Å². The first kappa shape index (κ1) is 12.5. The standard InChI is InChI=1S/C12H24N2O/c1-3-13-11(2)7-6-10-14-9-5-4-8-12(14)15/h11,13H,3-10H2,1-2H3. The third kappa shape index (κ3) is 4.65. The summed E-state index contributed by atoms with van der Waals surface area (Å²) >= 11 is 0. The van der Waals surface area contributed by atoms with Crippen molar-refractivity contribution >= 4 is 5.91 Å². The Kier molecular flexibility index (Phi) is 5.69. The Bertz CT molecular complexity index is 194. The van der Waals surface area contributed by atoms with Crippen molar-refractivity contribution in [1.29, 1.82) is 0 Å². The summed E-state index contributed by atoms with van der Waals surface area (Å²) in [7, 11) is 0. The molecule has 0 spiro atoms. The van der Waals surface area contributed by atoms with Crippen molar-refractivity contribution in [3.8, 4) is 0 Å². The van der Waals surface area contributed by atoms with E-state index < -0.39 is 0 Å². The molecule has 15 heavy (non-hydrogen) atoms. The van der Waals surface area contributed by atoms with Crippen molar-refractivity contribution in [2.75, 3.05) is 19.6 Å². The lowest BCUT2D eigenvalue weighted by molar-refractivity contribution is -0.133. The van der Waals surface area contributed by atoms with E-state index in [1.54, 1.807) is 0 Å². The van der Waals surface area contributed by atoms with Crippen molar-refractivity contribution in [3.05, 3.63) is 0 Å². The van der Waals surface area contributed by atoms with Crippen LogP contribution in [-0.4, -0.2) is 36.5 Å². The van der Waals surface area contributed by atoms with Crippen molar-refractivity contribution < 1.29 is 4.79 Å². The molecule has 0 aromatic carbocycles. The average molecular weight is 212 g/mol. The summed E-state index contributed by atoms with van der Waals surface area (Å²) in [5.41, 5.74) is 0. The third-order valence-electron chi connectivity index (χ3n) is 3.04. The van der Waals surface area contributed by atoms with Gasteiger partial charge in [-0.3, -0.25) is 4.79 Å². The Morgan fingerprint density at radius 2 is 2.27 bits per heavy atom. The molecule has 1 atom stereocenters. The molecule has 1 unspecified atom stereocenters. The van der Waals surface area contributed by atoms with Gasteiger partial charge in [-0.25, -0.2) is 0 Å². The van der Waals surface area contributed by atoms with Crippen LogP contribution in [0.3, 0.4) is 0 Å². The fourth-order valence-corrected chi connectivity index (χ4v) is 2.14. The monoisotopic (exact) mass is 212 g/mol. The highest BCUT2D eigenvalue weighted by Crippen LogP contribution is 2.11. The first-order chi connectivity index (χ1) is 7.24. The van der Waals surface area contributed by atoms with E-state index in [1.165, 1.54) is 6.42 Å². The number of hydrogen-bond acceptors (Lipinski definition) is 2. The molecular weight excluding hydrogens is 188 g/mol. The van der Waals surface area contributed by atoms with Crippen LogP contribution in [0, 0.1) is 0 Å². The summed E-state index contributed by atoms with van der Waals surface area (Å²) in [5.74, 6) is 0.359. The topological polar surface area (TPSA) is 32.3 Å². The van der Waals surface area contributed by atoms with E-state index in [2.05, 4.69) is 19.2 Å². The van der Waals surface area contributed by atoms with Gasteiger partial charge in [0.05, 0.1) is 0 Å². The van der Waals surface area contributed by atoms with Gasteiger partial charge in [-0.1, -0.05) is 6.92 Å². The third-order valence-corrected chi connectivity index (χ3v) is 3.04. The van der Waals surface area contributed by atoms with E-state index in [9.17, 15) is 4.79 Å². The molecule has 0 saturated carbocycles. The lowest BCUT2D eigenvalue weighted by Gasteiger charge is -2.27. The molecule has 1 saturated heterocycles. The number of nitrogens with zero attached hydrogens (tertiary/aromatic N) is 1. The van der Waals surface area contributed by atoms with Gasteiger partial charge >= 0.3 is 0 Å². The van der Waals surface area contributed by atoms with Gasteiger partial charge in [-0.2, -0.15) is 0 Å². The number of nitrogens with one attached hydrogen (secondary N) is 1. The minimum atomic E-state index is 0.359. The smallest absolute Gasteiger partial charge is 0.222 e. The molecular formula is C12H24N2O. The van der Waals surface area contributed by atoms with Gasteiger partial charge in [-0.15, -0.1) is 0 Å². The molecule has 1 rings (SSSR count). The summed E-state index contributed by atoms with van der Waals surface area (Å²) in [6.45, 7) is 7.30. The quantitative estimate of drug-likeness (QED) is 0.728. The van der Waals surface area contributed by atoms with Crippen LogP contribution in [-0.2, 0) is 4.79 Å². The van der Waals surface area contributed by atoms with E-state index in [0.717, 1.165) is 45.3 Å². The van der Waals surface area contributed by atoms with E-state index in [1.807, 2.05) is 4.90 Å². The first-order valence-corrected chi connectivity index (χ1v) is 6.25. The molecule has 1 aliphatic rings. The number of amides is 1. The maximum Gasteiger partial charge on any atom is 0.222 e. The van der Waals surface area contributed by atoms with Crippen molar-refractivity contribution in [2.45, 2.75) is 52.0 Å². The highest BCUT2D eigenvalue weighted by atomic mass is 16.2. The van der Waals surface area contributed by atoms with Gasteiger partial charge in [0.2, 0.25) is 5.91 Å². The Balaban J connectivity index is 2.10. The molecule has 0 aromatic rings. The predicted octanol–water partition coefficient (Wildman–Crippen LogP) is 1.78. The number of hydrogen-bond donors (Lipinski definition) is 1. The van der Waals surface area contributed by atoms with Crippen LogP contribution in [0.5, 0.6) is 0 Å². The maximum absolute atomic E-state index is 11.5. The van der Waals surface area contributed by atoms with Crippen LogP contribution in [0.25, 0.3) is 0 Å². The SMILES string of the molecule is CCNC(C)CCCN1CCCCC1=O. The Morgan fingerprint density at radius 1 is 1.47 bits per heavy atom. The minimum absolute atomic E-state index is 0.359. The highest BCUT2D eigenvalue weighted by molar-refractivity contribution is 5.76.